The number of hydrogen-bond donors (Lipinski definition) is 2. The Morgan fingerprint density at radius 1 is 1.50 bits per heavy atom. The minimum Gasteiger partial charge on any atom is -0.492 e. The van der Waals surface area contributed by atoms with Gasteiger partial charge in [-0.2, -0.15) is 9.49 Å². The van der Waals surface area contributed by atoms with Gasteiger partial charge in [0.1, 0.15) is 0 Å². The van der Waals surface area contributed by atoms with Crippen LogP contribution in [0.5, 0.6) is 5.88 Å². The molecule has 0 saturated carbocycles. The zero-order valence-electron chi connectivity index (χ0n) is 9.55. The molecule has 0 radical (unpaired) electrons. The van der Waals surface area contributed by atoms with E-state index in [0.717, 1.165) is 10.1 Å². The first-order valence-corrected chi connectivity index (χ1v) is 5.18. The van der Waals surface area contributed by atoms with Crippen LogP contribution in [0.2, 0.25) is 0 Å². The molecule has 0 aliphatic carbocycles. The van der Waals surface area contributed by atoms with Gasteiger partial charge < -0.3 is 5.11 Å². The molecule has 0 aromatic carbocycles. The largest absolute Gasteiger partial charge is 0.492 e. The topological polar surface area (TPSA) is 92.9 Å². The van der Waals surface area contributed by atoms with E-state index in [4.69, 9.17) is 0 Å². The highest BCUT2D eigenvalue weighted by atomic mass is 19.1. The van der Waals surface area contributed by atoms with Crippen molar-refractivity contribution in [3.8, 4) is 5.88 Å². The lowest BCUT2D eigenvalue weighted by Crippen LogP contribution is -2.32. The molecule has 0 fully saturated rings. The van der Waals surface area contributed by atoms with Crippen LogP contribution < -0.4 is 11.2 Å². The summed E-state index contributed by atoms with van der Waals surface area (Å²) in [4.78, 5) is 24.1. The van der Waals surface area contributed by atoms with Gasteiger partial charge in [0.2, 0.25) is 11.7 Å². The standard InChI is InChI=1S/C10H11FN4O3/c1-14-5-6(4-12-14)2-3-15-9(17)7(11)8(16)13-10(15)18/h4-5,17H,2-3H2,1H3,(H,13,16,18). The van der Waals surface area contributed by atoms with Gasteiger partial charge in [-0.1, -0.05) is 0 Å². The molecule has 0 amide bonds. The van der Waals surface area contributed by atoms with Crippen LogP contribution in [0.25, 0.3) is 0 Å². The zero-order chi connectivity index (χ0) is 13.3. The van der Waals surface area contributed by atoms with Crippen LogP contribution in [-0.4, -0.2) is 24.4 Å². The molecule has 7 nitrogen and oxygen atoms in total. The van der Waals surface area contributed by atoms with Crippen LogP contribution in [0.4, 0.5) is 4.39 Å². The summed E-state index contributed by atoms with van der Waals surface area (Å²) in [6.45, 7) is 0.0457. The number of H-pyrrole nitrogens is 1. The van der Waals surface area contributed by atoms with Crippen LogP contribution in [0.3, 0.4) is 0 Å². The summed E-state index contributed by atoms with van der Waals surface area (Å²) >= 11 is 0. The molecule has 96 valence electrons. The number of aromatic amines is 1. The molecule has 0 saturated heterocycles. The van der Waals surface area contributed by atoms with E-state index in [1.165, 1.54) is 0 Å². The summed E-state index contributed by atoms with van der Waals surface area (Å²) < 4.78 is 15.5. The second-order valence-corrected chi connectivity index (χ2v) is 3.82. The molecule has 0 aliphatic rings. The summed E-state index contributed by atoms with van der Waals surface area (Å²) in [5.74, 6) is -2.31. The molecule has 0 spiro atoms. The number of aromatic nitrogens is 4. The third-order valence-corrected chi connectivity index (χ3v) is 2.50. The Labute approximate surface area is 100 Å². The van der Waals surface area contributed by atoms with Gasteiger partial charge in [-0.05, 0) is 12.0 Å². The molecule has 2 aromatic rings. The van der Waals surface area contributed by atoms with Gasteiger partial charge in [-0.3, -0.25) is 19.0 Å². The van der Waals surface area contributed by atoms with E-state index >= 15 is 0 Å². The number of nitrogens with one attached hydrogen (secondary N) is 1. The maximum absolute atomic E-state index is 13.1. The highest BCUT2D eigenvalue weighted by Crippen LogP contribution is 2.08. The number of rotatable bonds is 3. The summed E-state index contributed by atoms with van der Waals surface area (Å²) in [6, 6.07) is 0. The first-order chi connectivity index (χ1) is 8.49. The Morgan fingerprint density at radius 2 is 2.22 bits per heavy atom. The van der Waals surface area contributed by atoms with Crippen molar-refractivity contribution in [1.82, 2.24) is 19.3 Å². The van der Waals surface area contributed by atoms with Gasteiger partial charge in [-0.15, -0.1) is 0 Å². The number of halogens is 1. The number of aromatic hydroxyl groups is 1. The Morgan fingerprint density at radius 3 is 2.83 bits per heavy atom. The summed E-state index contributed by atoms with van der Waals surface area (Å²) in [5, 5.41) is 13.3. The fraction of sp³-hybridized carbons (Fsp3) is 0.300. The van der Waals surface area contributed by atoms with Crippen molar-refractivity contribution < 1.29 is 9.50 Å². The smallest absolute Gasteiger partial charge is 0.331 e. The predicted molar refractivity (Wildman–Crippen MR) is 59.9 cm³/mol. The van der Waals surface area contributed by atoms with Crippen molar-refractivity contribution in [2.75, 3.05) is 0 Å². The van der Waals surface area contributed by atoms with Gasteiger partial charge in [0, 0.05) is 19.8 Å². The highest BCUT2D eigenvalue weighted by Gasteiger charge is 2.13. The molecule has 0 unspecified atom stereocenters. The van der Waals surface area contributed by atoms with Gasteiger partial charge >= 0.3 is 5.69 Å². The molecule has 2 N–H and O–H groups in total. The average molecular weight is 254 g/mol. The van der Waals surface area contributed by atoms with E-state index in [9.17, 15) is 19.1 Å². The van der Waals surface area contributed by atoms with Crippen molar-refractivity contribution in [2.24, 2.45) is 7.05 Å². The molecule has 0 bridgehead atoms. The van der Waals surface area contributed by atoms with Gasteiger partial charge in [0.05, 0.1) is 6.20 Å². The third kappa shape index (κ3) is 2.17. The molecule has 0 aliphatic heterocycles. The minimum atomic E-state index is -1.36. The lowest BCUT2D eigenvalue weighted by molar-refractivity contribution is 0.360. The Hall–Kier alpha value is -2.38. The van der Waals surface area contributed by atoms with Crippen molar-refractivity contribution in [3.05, 3.63) is 44.6 Å². The van der Waals surface area contributed by atoms with Crippen LogP contribution in [0.15, 0.2) is 22.0 Å². The van der Waals surface area contributed by atoms with E-state index in [2.05, 4.69) is 5.10 Å². The minimum absolute atomic E-state index is 0.0457. The number of aryl methyl sites for hydroxylation is 2. The second kappa shape index (κ2) is 4.47. The molecule has 8 heteroatoms. The first-order valence-electron chi connectivity index (χ1n) is 5.18. The summed E-state index contributed by atoms with van der Waals surface area (Å²) in [7, 11) is 1.74. The van der Waals surface area contributed by atoms with Crippen LogP contribution in [0.1, 0.15) is 5.56 Å². The first kappa shape index (κ1) is 12.1. The third-order valence-electron chi connectivity index (χ3n) is 2.50. The van der Waals surface area contributed by atoms with E-state index in [0.29, 0.717) is 6.42 Å². The van der Waals surface area contributed by atoms with Gasteiger partial charge in [0.15, 0.2) is 0 Å². The molecule has 18 heavy (non-hydrogen) atoms. The lowest BCUT2D eigenvalue weighted by Gasteiger charge is -2.06. The van der Waals surface area contributed by atoms with E-state index in [1.807, 2.05) is 0 Å². The molecule has 0 atom stereocenters. The van der Waals surface area contributed by atoms with Crippen LogP contribution in [-0.2, 0) is 20.0 Å². The average Bonchev–Trinajstić information content (AvgIpc) is 2.72. The van der Waals surface area contributed by atoms with Crippen LogP contribution >= 0.6 is 0 Å². The lowest BCUT2D eigenvalue weighted by atomic mass is 10.2. The van der Waals surface area contributed by atoms with Crippen molar-refractivity contribution in [1.29, 1.82) is 0 Å². The summed E-state index contributed by atoms with van der Waals surface area (Å²) in [5.41, 5.74) is -1.24. The maximum atomic E-state index is 13.1. The molecular formula is C10H11FN4O3. The second-order valence-electron chi connectivity index (χ2n) is 3.82. The van der Waals surface area contributed by atoms with Crippen LogP contribution in [0, 0.1) is 5.82 Å². The molecule has 2 rings (SSSR count). The maximum Gasteiger partial charge on any atom is 0.331 e. The molecular weight excluding hydrogens is 243 g/mol. The SMILES string of the molecule is Cn1cc(CCn2c(O)c(F)c(=O)[nH]c2=O)cn1. The molecule has 2 heterocycles. The molecule has 2 aromatic heterocycles. The van der Waals surface area contributed by atoms with E-state index in [1.54, 1.807) is 29.1 Å². The van der Waals surface area contributed by atoms with Crippen molar-refractivity contribution in [2.45, 2.75) is 13.0 Å². The van der Waals surface area contributed by atoms with E-state index in [-0.39, 0.29) is 6.54 Å². The number of nitrogens with zero attached hydrogens (tertiary/aromatic N) is 3. The van der Waals surface area contributed by atoms with Gasteiger partial charge in [0.25, 0.3) is 5.56 Å². The highest BCUT2D eigenvalue weighted by molar-refractivity contribution is 5.11. The van der Waals surface area contributed by atoms with E-state index < -0.39 is 22.9 Å². The Kier molecular flexibility index (Phi) is 3.00. The zero-order valence-corrected chi connectivity index (χ0v) is 9.55. The Balaban J connectivity index is 2.27. The van der Waals surface area contributed by atoms with Crippen molar-refractivity contribution in [3.63, 3.8) is 0 Å². The van der Waals surface area contributed by atoms with Gasteiger partial charge in [-0.25, -0.2) is 4.79 Å². The summed E-state index contributed by atoms with van der Waals surface area (Å²) in [6.07, 6.45) is 3.72. The predicted octanol–water partition coefficient (Wildman–Crippen LogP) is -0.643. The normalized spacial score (nSPS) is 10.8. The Bertz CT molecular complexity index is 685. The fourth-order valence-corrected chi connectivity index (χ4v) is 1.59. The quantitative estimate of drug-likeness (QED) is 0.761. The van der Waals surface area contributed by atoms with Crippen molar-refractivity contribution >= 4 is 0 Å². The fourth-order valence-electron chi connectivity index (χ4n) is 1.59. The number of hydrogen-bond acceptors (Lipinski definition) is 4. The monoisotopic (exact) mass is 254 g/mol.